The third kappa shape index (κ3) is 8.73. The van der Waals surface area contributed by atoms with Gasteiger partial charge in [-0.1, -0.05) is 13.8 Å². The fourth-order valence-electron chi connectivity index (χ4n) is 2.87. The molecule has 1 heterocycles. The predicted molar refractivity (Wildman–Crippen MR) is 97.1 cm³/mol. The average Bonchev–Trinajstić information content (AvgIpc) is 2.97. The van der Waals surface area contributed by atoms with Crippen LogP contribution in [0.2, 0.25) is 0 Å². The summed E-state index contributed by atoms with van der Waals surface area (Å²) in [5.74, 6) is 0.795. The number of carbonyl (C=O) groups is 1. The number of nitrogens with one attached hydrogen (secondary N) is 2. The Morgan fingerprint density at radius 3 is 2.65 bits per heavy atom. The molecule has 0 bridgehead atoms. The number of carbonyl (C=O) groups excluding carboxylic acids is 1. The number of alkyl halides is 3. The van der Waals surface area contributed by atoms with Gasteiger partial charge in [-0.25, -0.2) is 0 Å². The summed E-state index contributed by atoms with van der Waals surface area (Å²) in [4.78, 5) is 19.6. The summed E-state index contributed by atoms with van der Waals surface area (Å²) in [6.45, 7) is 7.69. The Hall–Kier alpha value is -1.51. The van der Waals surface area contributed by atoms with Gasteiger partial charge in [-0.2, -0.15) is 13.2 Å². The van der Waals surface area contributed by atoms with Crippen molar-refractivity contribution in [3.8, 4) is 0 Å². The molecule has 1 atom stereocenters. The van der Waals surface area contributed by atoms with Crippen molar-refractivity contribution in [1.82, 2.24) is 20.4 Å². The number of hydrogen-bond donors (Lipinski definition) is 2. The molecule has 0 aliphatic carbocycles. The highest BCUT2D eigenvalue weighted by atomic mass is 19.4. The largest absolute Gasteiger partial charge is 0.401 e. The lowest BCUT2D eigenvalue weighted by atomic mass is 10.2. The third-order valence-electron chi connectivity index (χ3n) is 4.10. The molecule has 0 saturated carbocycles. The number of hydrogen-bond acceptors (Lipinski definition) is 3. The summed E-state index contributed by atoms with van der Waals surface area (Å²) < 4.78 is 36.9. The summed E-state index contributed by atoms with van der Waals surface area (Å²) in [7, 11) is 1.46. The molecule has 0 aromatic carbocycles. The van der Waals surface area contributed by atoms with Crippen molar-refractivity contribution in [2.45, 2.75) is 45.8 Å². The van der Waals surface area contributed by atoms with E-state index in [9.17, 15) is 18.0 Å². The van der Waals surface area contributed by atoms with Crippen LogP contribution in [-0.4, -0.2) is 80.2 Å². The van der Waals surface area contributed by atoms with Crippen LogP contribution in [0.1, 0.15) is 33.6 Å². The topological polar surface area (TPSA) is 60.0 Å². The Morgan fingerprint density at radius 2 is 2.08 bits per heavy atom. The van der Waals surface area contributed by atoms with Crippen LogP contribution >= 0.6 is 0 Å². The van der Waals surface area contributed by atoms with Gasteiger partial charge in [0.05, 0.1) is 6.54 Å². The number of likely N-dealkylation sites (tertiary alicyclic amines) is 1. The normalized spacial score (nSPS) is 18.7. The average molecular weight is 379 g/mol. The standard InChI is InChI=1S/C17H32F3N5O/c1-5-21-16(22-8-6-9-24(4)12-17(18,19)20)23-14-7-10-25(11-14)15(26)13(2)3/h13-14H,5-12H2,1-4H3,(H2,21,22,23). The van der Waals surface area contributed by atoms with Crippen LogP contribution in [0.5, 0.6) is 0 Å². The zero-order chi connectivity index (χ0) is 19.7. The van der Waals surface area contributed by atoms with Crippen molar-refractivity contribution in [3.63, 3.8) is 0 Å². The molecule has 1 aliphatic rings. The second-order valence-corrected chi connectivity index (χ2v) is 7.04. The summed E-state index contributed by atoms with van der Waals surface area (Å²) >= 11 is 0. The first-order valence-corrected chi connectivity index (χ1v) is 9.21. The van der Waals surface area contributed by atoms with Crippen LogP contribution in [0, 0.1) is 5.92 Å². The highest BCUT2D eigenvalue weighted by molar-refractivity contribution is 5.81. The van der Waals surface area contributed by atoms with E-state index in [1.54, 1.807) is 0 Å². The second-order valence-electron chi connectivity index (χ2n) is 7.04. The molecular weight excluding hydrogens is 347 g/mol. The molecule has 0 aromatic heterocycles. The molecule has 2 N–H and O–H groups in total. The number of amides is 1. The lowest BCUT2D eigenvalue weighted by Gasteiger charge is -2.20. The number of nitrogens with zero attached hydrogens (tertiary/aromatic N) is 3. The number of rotatable bonds is 8. The Balaban J connectivity index is 2.41. The molecule has 26 heavy (non-hydrogen) atoms. The summed E-state index contributed by atoms with van der Waals surface area (Å²) in [5, 5.41) is 6.46. The molecule has 0 radical (unpaired) electrons. The van der Waals surface area contributed by atoms with E-state index in [4.69, 9.17) is 0 Å². The van der Waals surface area contributed by atoms with Gasteiger partial charge >= 0.3 is 6.18 Å². The molecule has 152 valence electrons. The van der Waals surface area contributed by atoms with Gasteiger partial charge in [-0.15, -0.1) is 0 Å². The van der Waals surface area contributed by atoms with Gasteiger partial charge in [-0.05, 0) is 33.4 Å². The van der Waals surface area contributed by atoms with Crippen LogP contribution in [0.3, 0.4) is 0 Å². The van der Waals surface area contributed by atoms with E-state index < -0.39 is 12.7 Å². The molecule has 1 rings (SSSR count). The zero-order valence-corrected chi connectivity index (χ0v) is 16.2. The van der Waals surface area contributed by atoms with Crippen molar-refractivity contribution in [3.05, 3.63) is 0 Å². The fourth-order valence-corrected chi connectivity index (χ4v) is 2.87. The predicted octanol–water partition coefficient (Wildman–Crippen LogP) is 1.68. The van der Waals surface area contributed by atoms with Crippen LogP contribution < -0.4 is 10.6 Å². The third-order valence-corrected chi connectivity index (χ3v) is 4.10. The molecule has 6 nitrogen and oxygen atoms in total. The minimum absolute atomic E-state index is 0.00987. The maximum Gasteiger partial charge on any atom is 0.401 e. The Bertz CT molecular complexity index is 468. The van der Waals surface area contributed by atoms with E-state index in [1.165, 1.54) is 11.9 Å². The summed E-state index contributed by atoms with van der Waals surface area (Å²) in [5.41, 5.74) is 0. The molecule has 1 amide bonds. The quantitative estimate of drug-likeness (QED) is 0.383. The molecule has 1 fully saturated rings. The Labute approximate surface area is 154 Å². The maximum absolute atomic E-state index is 12.3. The van der Waals surface area contributed by atoms with Crippen LogP contribution in [0.25, 0.3) is 0 Å². The van der Waals surface area contributed by atoms with Crippen molar-refractivity contribution >= 4 is 11.9 Å². The first-order valence-electron chi connectivity index (χ1n) is 9.21. The van der Waals surface area contributed by atoms with Gasteiger partial charge in [0.1, 0.15) is 0 Å². The summed E-state index contributed by atoms with van der Waals surface area (Å²) in [6.07, 6.45) is -2.76. The van der Waals surface area contributed by atoms with Crippen LogP contribution in [0.4, 0.5) is 13.2 Å². The lowest BCUT2D eigenvalue weighted by molar-refractivity contribution is -0.143. The SMILES string of the molecule is CCNC(=NCCCN(C)CC(F)(F)F)NC1CCN(C(=O)C(C)C)C1. The fraction of sp³-hybridized carbons (Fsp3) is 0.882. The molecule has 1 saturated heterocycles. The highest BCUT2D eigenvalue weighted by Crippen LogP contribution is 2.15. The lowest BCUT2D eigenvalue weighted by Crippen LogP contribution is -2.45. The van der Waals surface area contributed by atoms with E-state index in [2.05, 4.69) is 15.6 Å². The maximum atomic E-state index is 12.3. The number of guanidine groups is 1. The molecule has 1 unspecified atom stereocenters. The molecule has 1 aliphatic heterocycles. The van der Waals surface area contributed by atoms with E-state index in [-0.39, 0.29) is 17.9 Å². The van der Waals surface area contributed by atoms with Crippen molar-refractivity contribution in [1.29, 1.82) is 0 Å². The van der Waals surface area contributed by atoms with Gasteiger partial charge in [0, 0.05) is 38.1 Å². The van der Waals surface area contributed by atoms with Gasteiger partial charge in [-0.3, -0.25) is 14.7 Å². The molecule has 0 spiro atoms. The van der Waals surface area contributed by atoms with Crippen LogP contribution in [0.15, 0.2) is 4.99 Å². The smallest absolute Gasteiger partial charge is 0.357 e. The van der Waals surface area contributed by atoms with E-state index >= 15 is 0 Å². The van der Waals surface area contributed by atoms with Gasteiger partial charge < -0.3 is 15.5 Å². The van der Waals surface area contributed by atoms with Crippen molar-refractivity contribution < 1.29 is 18.0 Å². The van der Waals surface area contributed by atoms with Crippen molar-refractivity contribution in [2.75, 3.05) is 46.3 Å². The first-order chi connectivity index (χ1) is 12.1. The molecule has 9 heteroatoms. The highest BCUT2D eigenvalue weighted by Gasteiger charge is 2.29. The first kappa shape index (κ1) is 22.5. The van der Waals surface area contributed by atoms with Crippen molar-refractivity contribution in [2.24, 2.45) is 10.9 Å². The van der Waals surface area contributed by atoms with Gasteiger partial charge in [0.25, 0.3) is 0 Å². The van der Waals surface area contributed by atoms with E-state index in [1.807, 2.05) is 25.7 Å². The van der Waals surface area contributed by atoms with Crippen LogP contribution in [-0.2, 0) is 4.79 Å². The molecular formula is C17H32F3N5O. The summed E-state index contributed by atoms with van der Waals surface area (Å²) in [6, 6.07) is 0.142. The van der Waals surface area contributed by atoms with E-state index in [0.717, 1.165) is 13.0 Å². The number of halogens is 3. The minimum Gasteiger partial charge on any atom is -0.357 e. The van der Waals surface area contributed by atoms with Gasteiger partial charge in [0.2, 0.25) is 5.91 Å². The monoisotopic (exact) mass is 379 g/mol. The van der Waals surface area contributed by atoms with E-state index in [0.29, 0.717) is 38.6 Å². The Kier molecular flexibility index (Phi) is 9.18. The van der Waals surface area contributed by atoms with Gasteiger partial charge in [0.15, 0.2) is 5.96 Å². The second kappa shape index (κ2) is 10.6. The minimum atomic E-state index is -4.17. The molecule has 0 aromatic rings. The number of aliphatic imine (C=N–C) groups is 1. The zero-order valence-electron chi connectivity index (χ0n) is 16.2. The Morgan fingerprint density at radius 1 is 1.38 bits per heavy atom.